The third kappa shape index (κ3) is 9.93. The van der Waals surface area contributed by atoms with Crippen LogP contribution in [0.4, 0.5) is 0 Å². The molecule has 5 aromatic carbocycles. The van der Waals surface area contributed by atoms with Gasteiger partial charge in [0.25, 0.3) is 5.91 Å². The number of aliphatic hydroxyl groups excluding tert-OH is 2. The SMILES string of the molecule is C=CCOC12Oc3ccc(OCCSc4ccccc4)cc3C3C(CCCCO)C(CCCCO)C=C(C(=NOC)CC1N(Cc1cccc4ccccc14)C(=O)c1ccc(C#N)cc1)C32. The molecule has 5 aromatic rings. The molecular formula is C55H59N3O7S. The highest BCUT2D eigenvalue weighted by atomic mass is 32.2. The molecule has 0 radical (unpaired) electrons. The average molecular weight is 906 g/mol. The fourth-order valence-electron chi connectivity index (χ4n) is 10.5. The number of benzene rings is 5. The number of fused-ring (bicyclic) bond motifs is 3. The number of carbonyl (C=O) groups is 1. The lowest BCUT2D eigenvalue weighted by Gasteiger charge is -2.60. The van der Waals surface area contributed by atoms with Crippen molar-refractivity contribution in [2.75, 3.05) is 39.3 Å². The number of aliphatic hydroxyl groups is 2. The van der Waals surface area contributed by atoms with Gasteiger partial charge >= 0.3 is 0 Å². The fourth-order valence-corrected chi connectivity index (χ4v) is 11.2. The van der Waals surface area contributed by atoms with Crippen LogP contribution in [0, 0.1) is 29.1 Å². The minimum Gasteiger partial charge on any atom is -0.493 e. The first-order chi connectivity index (χ1) is 32.4. The van der Waals surface area contributed by atoms with E-state index >= 15 is 4.79 Å². The zero-order valence-corrected chi connectivity index (χ0v) is 38.4. The number of nitriles is 1. The Morgan fingerprint density at radius 2 is 1.71 bits per heavy atom. The van der Waals surface area contributed by atoms with Crippen LogP contribution in [-0.2, 0) is 16.1 Å². The number of amides is 1. The molecule has 11 heteroatoms. The van der Waals surface area contributed by atoms with Crippen molar-refractivity contribution in [1.29, 1.82) is 5.26 Å². The summed E-state index contributed by atoms with van der Waals surface area (Å²) in [5.74, 6) is -0.0601. The number of thioether (sulfide) groups is 1. The molecule has 1 fully saturated rings. The third-order valence-electron chi connectivity index (χ3n) is 13.3. The standard InChI is InChI=1S/C55H59N3O7S/c1-3-30-64-55-51(58(54(61)40-24-22-38(36-56)23-25-40)37-42-17-13-16-39-14-7-8-20-45(39)42)35-49(57-62-2)47-33-41(15-9-11-28-59)46(21-10-12-29-60)52(53(47)55)48-34-43(26-27-50(48)65-55)63-31-32-66-44-18-5-4-6-19-44/h3-8,13-14,16-20,22-27,33-34,41,46,51-53,59-60H,1,9-12,15,21,28-32,35,37H2,2H3. The van der Waals surface area contributed by atoms with E-state index in [2.05, 4.69) is 61.2 Å². The highest BCUT2D eigenvalue weighted by Gasteiger charge is 2.65. The number of nitrogens with zero attached hydrogens (tertiary/aromatic N) is 3. The fraction of sp³-hybridized carbons (Fsp3) is 0.364. The summed E-state index contributed by atoms with van der Waals surface area (Å²) in [5.41, 5.74) is 4.50. The van der Waals surface area contributed by atoms with Crippen LogP contribution in [0.2, 0.25) is 0 Å². The van der Waals surface area contributed by atoms with E-state index in [1.54, 1.807) is 49.2 Å². The topological polar surface area (TPSA) is 134 Å². The maximum atomic E-state index is 15.5. The zero-order chi connectivity index (χ0) is 45.9. The van der Waals surface area contributed by atoms with E-state index in [9.17, 15) is 15.5 Å². The van der Waals surface area contributed by atoms with Crippen LogP contribution in [0.1, 0.15) is 77.9 Å². The van der Waals surface area contributed by atoms with E-state index in [0.717, 1.165) is 64.7 Å². The minimum absolute atomic E-state index is 0.0607. The van der Waals surface area contributed by atoms with Crippen LogP contribution in [0.3, 0.4) is 0 Å². The van der Waals surface area contributed by atoms with Gasteiger partial charge in [0.15, 0.2) is 0 Å². The van der Waals surface area contributed by atoms with Crippen LogP contribution in [0.25, 0.3) is 10.8 Å². The lowest BCUT2D eigenvalue weighted by atomic mass is 9.55. The molecule has 1 aliphatic heterocycles. The number of unbranched alkanes of at least 4 members (excludes halogenated alkanes) is 2. The van der Waals surface area contributed by atoms with Gasteiger partial charge in [-0.05, 0) is 114 Å². The summed E-state index contributed by atoms with van der Waals surface area (Å²) in [7, 11) is 1.55. The van der Waals surface area contributed by atoms with Gasteiger partial charge in [-0.1, -0.05) is 90.8 Å². The highest BCUT2D eigenvalue weighted by molar-refractivity contribution is 7.99. The van der Waals surface area contributed by atoms with Crippen LogP contribution in [-0.4, -0.2) is 77.9 Å². The van der Waals surface area contributed by atoms with E-state index < -0.39 is 17.7 Å². The molecule has 2 aliphatic carbocycles. The molecule has 1 saturated carbocycles. The van der Waals surface area contributed by atoms with E-state index in [1.165, 1.54) is 4.90 Å². The molecule has 6 atom stereocenters. The van der Waals surface area contributed by atoms with Crippen molar-refractivity contribution in [2.24, 2.45) is 22.9 Å². The second kappa shape index (κ2) is 22.1. The molecule has 1 heterocycles. The summed E-state index contributed by atoms with van der Waals surface area (Å²) in [5, 5.41) is 36.5. The lowest BCUT2D eigenvalue weighted by Crippen LogP contribution is -2.70. The van der Waals surface area contributed by atoms with E-state index in [-0.39, 0.29) is 56.4 Å². The Labute approximate surface area is 392 Å². The lowest BCUT2D eigenvalue weighted by molar-refractivity contribution is -0.255. The van der Waals surface area contributed by atoms with Crippen molar-refractivity contribution >= 4 is 34.2 Å². The smallest absolute Gasteiger partial charge is 0.254 e. The van der Waals surface area contributed by atoms with Gasteiger partial charge < -0.3 is 34.2 Å². The number of hydrogen-bond donors (Lipinski definition) is 2. The average Bonchev–Trinajstić information content (AvgIpc) is 3.35. The first kappa shape index (κ1) is 46.6. The van der Waals surface area contributed by atoms with Gasteiger partial charge in [-0.25, -0.2) is 0 Å². The summed E-state index contributed by atoms with van der Waals surface area (Å²) in [6.45, 7) is 5.15. The van der Waals surface area contributed by atoms with Crippen molar-refractivity contribution in [2.45, 2.75) is 74.1 Å². The normalized spacial score (nSPS) is 22.3. The van der Waals surface area contributed by atoms with Crippen molar-refractivity contribution in [3.8, 4) is 17.6 Å². The Balaban J connectivity index is 1.31. The largest absolute Gasteiger partial charge is 0.493 e. The molecule has 3 aliphatic rings. The molecule has 10 nitrogen and oxygen atoms in total. The first-order valence-electron chi connectivity index (χ1n) is 23.1. The van der Waals surface area contributed by atoms with Gasteiger partial charge in [0.05, 0.1) is 36.5 Å². The monoisotopic (exact) mass is 905 g/mol. The summed E-state index contributed by atoms with van der Waals surface area (Å²) in [6, 6.07) is 38.9. The zero-order valence-electron chi connectivity index (χ0n) is 37.6. The highest BCUT2D eigenvalue weighted by Crippen LogP contribution is 2.62. The number of ether oxygens (including phenoxy) is 3. The van der Waals surface area contributed by atoms with Gasteiger partial charge in [0, 0.05) is 53.9 Å². The van der Waals surface area contributed by atoms with E-state index in [4.69, 9.17) is 24.2 Å². The van der Waals surface area contributed by atoms with Gasteiger partial charge in [0.2, 0.25) is 5.79 Å². The summed E-state index contributed by atoms with van der Waals surface area (Å²) in [6.07, 6.45) is 8.96. The van der Waals surface area contributed by atoms with E-state index in [1.807, 2.05) is 53.4 Å². The number of allylic oxidation sites excluding steroid dienone is 1. The summed E-state index contributed by atoms with van der Waals surface area (Å²) < 4.78 is 21.2. The van der Waals surface area contributed by atoms with Crippen molar-refractivity contribution in [3.05, 3.63) is 162 Å². The van der Waals surface area contributed by atoms with Gasteiger partial charge in [0.1, 0.15) is 24.7 Å². The van der Waals surface area contributed by atoms with Gasteiger partial charge in [-0.3, -0.25) is 4.79 Å². The van der Waals surface area contributed by atoms with Crippen LogP contribution >= 0.6 is 11.8 Å². The van der Waals surface area contributed by atoms with Crippen LogP contribution in [0.15, 0.2) is 150 Å². The predicted molar refractivity (Wildman–Crippen MR) is 260 cm³/mol. The molecule has 0 saturated heterocycles. The Kier molecular flexibility index (Phi) is 15.6. The molecule has 1 amide bonds. The van der Waals surface area contributed by atoms with Crippen LogP contribution < -0.4 is 9.47 Å². The minimum atomic E-state index is -1.45. The molecule has 342 valence electrons. The van der Waals surface area contributed by atoms with Crippen molar-refractivity contribution in [3.63, 3.8) is 0 Å². The second-order valence-corrected chi connectivity index (χ2v) is 18.4. The second-order valence-electron chi connectivity index (χ2n) is 17.2. The molecule has 8 rings (SSSR count). The third-order valence-corrected chi connectivity index (χ3v) is 14.3. The molecular weight excluding hydrogens is 847 g/mol. The first-order valence-corrected chi connectivity index (χ1v) is 24.1. The molecule has 0 bridgehead atoms. The maximum Gasteiger partial charge on any atom is 0.254 e. The Bertz CT molecular complexity index is 2550. The number of rotatable bonds is 21. The quantitative estimate of drug-likeness (QED) is 0.0319. The number of hydrogen-bond acceptors (Lipinski definition) is 10. The molecule has 0 spiro atoms. The molecule has 0 aromatic heterocycles. The summed E-state index contributed by atoms with van der Waals surface area (Å²) >= 11 is 1.75. The Morgan fingerprint density at radius 1 is 0.955 bits per heavy atom. The Morgan fingerprint density at radius 3 is 2.47 bits per heavy atom. The Hall–Kier alpha value is -5.90. The van der Waals surface area contributed by atoms with Gasteiger partial charge in [-0.15, -0.1) is 18.3 Å². The molecule has 66 heavy (non-hydrogen) atoms. The maximum absolute atomic E-state index is 15.5. The number of oxime groups is 1. The summed E-state index contributed by atoms with van der Waals surface area (Å²) in [4.78, 5) is 24.2. The van der Waals surface area contributed by atoms with Crippen molar-refractivity contribution < 1.29 is 34.1 Å². The molecule has 6 unspecified atom stereocenters. The molecule has 2 N–H and O–H groups in total. The van der Waals surface area contributed by atoms with Crippen LogP contribution in [0.5, 0.6) is 11.5 Å². The van der Waals surface area contributed by atoms with Crippen molar-refractivity contribution in [1.82, 2.24) is 4.90 Å². The van der Waals surface area contributed by atoms with E-state index in [0.29, 0.717) is 42.0 Å². The van der Waals surface area contributed by atoms with Gasteiger partial charge in [-0.2, -0.15) is 5.26 Å². The number of carbonyl (C=O) groups excluding carboxylic acids is 1. The predicted octanol–water partition coefficient (Wildman–Crippen LogP) is 10.5.